The third kappa shape index (κ3) is 1.35. The van der Waals surface area contributed by atoms with E-state index < -0.39 is 5.60 Å². The smallest absolute Gasteiger partial charge is 0.169 e. The maximum Gasteiger partial charge on any atom is 0.169 e. The Hall–Kier alpha value is -1.35. The molecule has 1 aliphatic carbocycles. The van der Waals surface area contributed by atoms with Crippen molar-refractivity contribution < 1.29 is 9.90 Å². The molecule has 90 valence electrons. The standard InChI is InChI=1S/C14H17NO2/c1-9-3-5-12-11(7-9)14(17)8-10(15(12)2)4-6-13(14)16/h3,5,7,10,17H,4,6,8H2,1-2H3/t10-,14-/m1/s1. The molecule has 17 heavy (non-hydrogen) atoms. The average Bonchev–Trinajstić information content (AvgIpc) is 2.31. The van der Waals surface area contributed by atoms with E-state index in [-0.39, 0.29) is 11.8 Å². The number of aliphatic hydroxyl groups is 1. The zero-order chi connectivity index (χ0) is 12.2. The molecule has 2 atom stereocenters. The Bertz CT molecular complexity index is 497. The molecule has 1 heterocycles. The largest absolute Gasteiger partial charge is 0.377 e. The zero-order valence-corrected chi connectivity index (χ0v) is 10.2. The fourth-order valence-corrected chi connectivity index (χ4v) is 3.14. The van der Waals surface area contributed by atoms with Gasteiger partial charge in [-0.2, -0.15) is 0 Å². The topological polar surface area (TPSA) is 40.5 Å². The Balaban J connectivity index is 2.24. The third-order valence-electron chi connectivity index (χ3n) is 4.22. The van der Waals surface area contributed by atoms with Gasteiger partial charge in [0.1, 0.15) is 0 Å². The maximum atomic E-state index is 12.0. The zero-order valence-electron chi connectivity index (χ0n) is 10.2. The first kappa shape index (κ1) is 10.8. The van der Waals surface area contributed by atoms with Crippen molar-refractivity contribution in [1.82, 2.24) is 0 Å². The summed E-state index contributed by atoms with van der Waals surface area (Å²) >= 11 is 0. The number of hydrogen-bond acceptors (Lipinski definition) is 3. The number of anilines is 1. The summed E-state index contributed by atoms with van der Waals surface area (Å²) in [6, 6.07) is 6.28. The van der Waals surface area contributed by atoms with Crippen LogP contribution in [0.4, 0.5) is 5.69 Å². The second-order valence-electron chi connectivity index (χ2n) is 5.31. The van der Waals surface area contributed by atoms with Crippen molar-refractivity contribution in [3.8, 4) is 0 Å². The fourth-order valence-electron chi connectivity index (χ4n) is 3.14. The molecule has 1 N–H and O–H groups in total. The minimum Gasteiger partial charge on any atom is -0.377 e. The highest BCUT2D eigenvalue weighted by Crippen LogP contribution is 2.46. The van der Waals surface area contributed by atoms with E-state index in [0.717, 1.165) is 23.2 Å². The van der Waals surface area contributed by atoms with Gasteiger partial charge in [-0.3, -0.25) is 4.79 Å². The van der Waals surface area contributed by atoms with Crippen molar-refractivity contribution in [2.75, 3.05) is 11.9 Å². The van der Waals surface area contributed by atoms with E-state index in [1.165, 1.54) is 0 Å². The molecule has 3 heteroatoms. The summed E-state index contributed by atoms with van der Waals surface area (Å²) in [6.45, 7) is 1.99. The molecular formula is C14H17NO2. The summed E-state index contributed by atoms with van der Waals surface area (Å²) in [5, 5.41) is 10.7. The molecule has 0 aromatic heterocycles. The summed E-state index contributed by atoms with van der Waals surface area (Å²) in [4.78, 5) is 14.2. The molecule has 2 aliphatic rings. The SMILES string of the molecule is Cc1ccc2c(c1)[C@]1(O)C[C@@H](CCC1=O)N2C. The molecule has 3 rings (SSSR count). The molecule has 3 nitrogen and oxygen atoms in total. The molecule has 1 aliphatic heterocycles. The number of benzene rings is 1. The van der Waals surface area contributed by atoms with Crippen LogP contribution in [0.15, 0.2) is 18.2 Å². The van der Waals surface area contributed by atoms with Crippen molar-refractivity contribution in [1.29, 1.82) is 0 Å². The lowest BCUT2D eigenvalue weighted by molar-refractivity contribution is -0.143. The Morgan fingerprint density at radius 3 is 3.00 bits per heavy atom. The number of Topliss-reactive ketones (excluding diaryl/α,β-unsaturated/α-hetero) is 1. The number of carbonyl (C=O) groups is 1. The van der Waals surface area contributed by atoms with Crippen molar-refractivity contribution in [2.24, 2.45) is 0 Å². The van der Waals surface area contributed by atoms with Crippen molar-refractivity contribution in [3.05, 3.63) is 29.3 Å². The molecule has 0 radical (unpaired) electrons. The Morgan fingerprint density at radius 2 is 2.24 bits per heavy atom. The molecular weight excluding hydrogens is 214 g/mol. The molecule has 0 amide bonds. The normalized spacial score (nSPS) is 31.4. The summed E-state index contributed by atoms with van der Waals surface area (Å²) in [5.41, 5.74) is 1.64. The van der Waals surface area contributed by atoms with Crippen LogP contribution in [-0.4, -0.2) is 24.0 Å². The van der Waals surface area contributed by atoms with Crippen LogP contribution in [0.2, 0.25) is 0 Å². The molecule has 1 saturated carbocycles. The van der Waals surface area contributed by atoms with E-state index >= 15 is 0 Å². The lowest BCUT2D eigenvalue weighted by atomic mass is 9.72. The third-order valence-corrected chi connectivity index (χ3v) is 4.22. The van der Waals surface area contributed by atoms with Crippen LogP contribution in [-0.2, 0) is 10.4 Å². The summed E-state index contributed by atoms with van der Waals surface area (Å²) < 4.78 is 0. The van der Waals surface area contributed by atoms with Crippen LogP contribution >= 0.6 is 0 Å². The highest BCUT2D eigenvalue weighted by molar-refractivity contribution is 5.92. The molecule has 2 bridgehead atoms. The van der Waals surface area contributed by atoms with Gasteiger partial charge in [0, 0.05) is 37.2 Å². The fraction of sp³-hybridized carbons (Fsp3) is 0.500. The quantitative estimate of drug-likeness (QED) is 0.739. The van der Waals surface area contributed by atoms with Crippen molar-refractivity contribution >= 4 is 11.5 Å². The minimum atomic E-state index is -1.24. The van der Waals surface area contributed by atoms with Crippen LogP contribution in [0.5, 0.6) is 0 Å². The lowest BCUT2D eigenvalue weighted by Crippen LogP contribution is -2.53. The van der Waals surface area contributed by atoms with Gasteiger partial charge in [0.25, 0.3) is 0 Å². The number of rotatable bonds is 0. The average molecular weight is 231 g/mol. The first-order chi connectivity index (χ1) is 8.02. The van der Waals surface area contributed by atoms with Crippen LogP contribution in [0.1, 0.15) is 30.4 Å². The van der Waals surface area contributed by atoms with E-state index in [1.807, 2.05) is 32.2 Å². The molecule has 1 aromatic carbocycles. The minimum absolute atomic E-state index is 0.0197. The highest BCUT2D eigenvalue weighted by atomic mass is 16.3. The molecule has 0 saturated heterocycles. The Morgan fingerprint density at radius 1 is 1.47 bits per heavy atom. The van der Waals surface area contributed by atoms with Gasteiger partial charge in [0.15, 0.2) is 11.4 Å². The van der Waals surface area contributed by atoms with E-state index in [0.29, 0.717) is 12.8 Å². The first-order valence-corrected chi connectivity index (χ1v) is 6.12. The van der Waals surface area contributed by atoms with Gasteiger partial charge >= 0.3 is 0 Å². The van der Waals surface area contributed by atoms with E-state index in [1.54, 1.807) is 0 Å². The van der Waals surface area contributed by atoms with Crippen molar-refractivity contribution in [3.63, 3.8) is 0 Å². The van der Waals surface area contributed by atoms with Gasteiger partial charge in [-0.05, 0) is 19.4 Å². The lowest BCUT2D eigenvalue weighted by Gasteiger charge is -2.47. The van der Waals surface area contributed by atoms with Gasteiger partial charge in [-0.1, -0.05) is 17.7 Å². The second-order valence-corrected chi connectivity index (χ2v) is 5.31. The monoisotopic (exact) mass is 231 g/mol. The van der Waals surface area contributed by atoms with Gasteiger partial charge in [-0.25, -0.2) is 0 Å². The molecule has 0 spiro atoms. The van der Waals surface area contributed by atoms with Gasteiger partial charge in [0.2, 0.25) is 0 Å². The number of hydrogen-bond donors (Lipinski definition) is 1. The van der Waals surface area contributed by atoms with Crippen molar-refractivity contribution in [2.45, 2.75) is 37.8 Å². The number of aryl methyl sites for hydroxylation is 1. The number of ketones is 1. The maximum absolute atomic E-state index is 12.0. The van der Waals surface area contributed by atoms with Crippen LogP contribution in [0.25, 0.3) is 0 Å². The van der Waals surface area contributed by atoms with E-state index in [4.69, 9.17) is 0 Å². The predicted octanol–water partition coefficient (Wildman–Crippen LogP) is 1.75. The van der Waals surface area contributed by atoms with E-state index in [2.05, 4.69) is 4.90 Å². The van der Waals surface area contributed by atoms with E-state index in [9.17, 15) is 9.90 Å². The van der Waals surface area contributed by atoms with Crippen LogP contribution in [0, 0.1) is 6.92 Å². The highest BCUT2D eigenvalue weighted by Gasteiger charge is 2.49. The summed E-state index contributed by atoms with van der Waals surface area (Å²) in [6.07, 6.45) is 1.88. The Labute approximate surface area is 101 Å². The van der Waals surface area contributed by atoms with Crippen LogP contribution in [0.3, 0.4) is 0 Å². The number of carbonyl (C=O) groups excluding carboxylic acids is 1. The van der Waals surface area contributed by atoms with Gasteiger partial charge < -0.3 is 10.0 Å². The molecule has 1 fully saturated rings. The summed E-state index contributed by atoms with van der Waals surface area (Å²) in [5.74, 6) is -0.0197. The molecule has 0 unspecified atom stereocenters. The molecule has 1 aromatic rings. The van der Waals surface area contributed by atoms with Crippen LogP contribution < -0.4 is 4.90 Å². The van der Waals surface area contributed by atoms with Gasteiger partial charge in [-0.15, -0.1) is 0 Å². The van der Waals surface area contributed by atoms with Gasteiger partial charge in [0.05, 0.1) is 0 Å². The first-order valence-electron chi connectivity index (χ1n) is 6.12. The second kappa shape index (κ2) is 3.33. The summed E-state index contributed by atoms with van der Waals surface area (Å²) in [7, 11) is 2.05. The number of nitrogens with zero attached hydrogens (tertiary/aromatic N) is 1. The number of fused-ring (bicyclic) bond motifs is 4. The Kier molecular flexibility index (Phi) is 2.11. The predicted molar refractivity (Wildman–Crippen MR) is 66.1 cm³/mol.